The molecule has 0 spiro atoms. The molecule has 1 unspecified atom stereocenters. The second-order valence-corrected chi connectivity index (χ2v) is 2.98. The molecule has 1 fully saturated rings. The molecular formula is C9H7NO5. The summed E-state index contributed by atoms with van der Waals surface area (Å²) in [7, 11) is 0. The Morgan fingerprint density at radius 1 is 1.40 bits per heavy atom. The second kappa shape index (κ2) is 3.56. The molecule has 0 saturated carbocycles. The van der Waals surface area contributed by atoms with Crippen LogP contribution < -0.4 is 0 Å². The molecule has 15 heavy (non-hydrogen) atoms. The Balaban J connectivity index is 2.35. The van der Waals surface area contributed by atoms with E-state index in [4.69, 9.17) is 4.74 Å². The first-order valence-corrected chi connectivity index (χ1v) is 4.25. The number of rotatable bonds is 2. The fourth-order valence-corrected chi connectivity index (χ4v) is 1.41. The topological polar surface area (TPSA) is 78.7 Å². The largest absolute Gasteiger partial charge is 0.509 e. The summed E-state index contributed by atoms with van der Waals surface area (Å²) in [4.78, 5) is 20.9. The minimum absolute atomic E-state index is 0.0175. The second-order valence-electron chi connectivity index (χ2n) is 2.98. The van der Waals surface area contributed by atoms with E-state index in [0.29, 0.717) is 5.56 Å². The van der Waals surface area contributed by atoms with Crippen LogP contribution in [-0.4, -0.2) is 17.7 Å². The number of carbonyl (C=O) groups excluding carboxylic acids is 1. The van der Waals surface area contributed by atoms with Gasteiger partial charge in [-0.25, -0.2) is 4.79 Å². The molecule has 1 aromatic rings. The average molecular weight is 209 g/mol. The zero-order chi connectivity index (χ0) is 10.8. The van der Waals surface area contributed by atoms with Gasteiger partial charge in [-0.2, -0.15) is 0 Å². The van der Waals surface area contributed by atoms with Gasteiger partial charge in [0.05, 0.1) is 10.5 Å². The van der Waals surface area contributed by atoms with Gasteiger partial charge in [-0.05, 0) is 6.07 Å². The van der Waals surface area contributed by atoms with E-state index in [1.54, 1.807) is 18.2 Å². The molecule has 0 aromatic heterocycles. The average Bonchev–Trinajstić information content (AvgIpc) is 2.65. The molecule has 6 nitrogen and oxygen atoms in total. The molecule has 1 aliphatic heterocycles. The summed E-state index contributed by atoms with van der Waals surface area (Å²) >= 11 is 0. The van der Waals surface area contributed by atoms with Gasteiger partial charge in [0.1, 0.15) is 6.61 Å². The third kappa shape index (κ3) is 1.74. The predicted molar refractivity (Wildman–Crippen MR) is 48.3 cm³/mol. The number of hydrogen-bond acceptors (Lipinski definition) is 5. The Hall–Kier alpha value is -2.11. The summed E-state index contributed by atoms with van der Waals surface area (Å²) in [6.45, 7) is 0.0175. The summed E-state index contributed by atoms with van der Waals surface area (Å²) in [5.74, 6) is 0. The maximum atomic E-state index is 10.7. The Kier molecular flexibility index (Phi) is 2.24. The van der Waals surface area contributed by atoms with E-state index in [9.17, 15) is 14.9 Å². The van der Waals surface area contributed by atoms with Crippen LogP contribution in [0.2, 0.25) is 0 Å². The number of hydrogen-bond donors (Lipinski definition) is 0. The van der Waals surface area contributed by atoms with Crippen LogP contribution in [0.4, 0.5) is 10.5 Å². The lowest BCUT2D eigenvalue weighted by molar-refractivity contribution is -0.386. The van der Waals surface area contributed by atoms with Crippen molar-refractivity contribution in [2.75, 3.05) is 6.61 Å². The third-order valence-electron chi connectivity index (χ3n) is 2.07. The summed E-state index contributed by atoms with van der Waals surface area (Å²) in [6, 6.07) is 6.11. The first-order valence-electron chi connectivity index (χ1n) is 4.25. The lowest BCUT2D eigenvalue weighted by atomic mass is 10.1. The number of nitrogens with zero attached hydrogens (tertiary/aromatic N) is 1. The predicted octanol–water partition coefficient (Wildman–Crippen LogP) is 1.80. The fraction of sp³-hybridized carbons (Fsp3) is 0.222. The van der Waals surface area contributed by atoms with Crippen molar-refractivity contribution in [1.29, 1.82) is 0 Å². The number of para-hydroxylation sites is 1. The van der Waals surface area contributed by atoms with Gasteiger partial charge in [0.2, 0.25) is 0 Å². The molecule has 78 valence electrons. The third-order valence-corrected chi connectivity index (χ3v) is 2.07. The number of carbonyl (C=O) groups is 1. The van der Waals surface area contributed by atoms with E-state index in [1.165, 1.54) is 6.07 Å². The summed E-state index contributed by atoms with van der Waals surface area (Å²) in [6.07, 6.45) is -1.47. The van der Waals surface area contributed by atoms with Crippen molar-refractivity contribution in [1.82, 2.24) is 0 Å². The van der Waals surface area contributed by atoms with Gasteiger partial charge in [-0.15, -0.1) is 0 Å². The highest BCUT2D eigenvalue weighted by molar-refractivity contribution is 5.63. The van der Waals surface area contributed by atoms with Gasteiger partial charge in [-0.1, -0.05) is 12.1 Å². The summed E-state index contributed by atoms with van der Waals surface area (Å²) in [5.41, 5.74) is 0.286. The van der Waals surface area contributed by atoms with Crippen molar-refractivity contribution in [2.45, 2.75) is 6.10 Å². The van der Waals surface area contributed by atoms with Gasteiger partial charge in [-0.3, -0.25) is 10.1 Å². The molecule has 0 aliphatic carbocycles. The normalized spacial score (nSPS) is 19.5. The van der Waals surface area contributed by atoms with Crippen LogP contribution in [0.5, 0.6) is 0 Å². The highest BCUT2D eigenvalue weighted by Gasteiger charge is 2.31. The Labute approximate surface area is 84.6 Å². The van der Waals surface area contributed by atoms with Gasteiger partial charge >= 0.3 is 6.16 Å². The van der Waals surface area contributed by atoms with Crippen LogP contribution in [0.15, 0.2) is 24.3 Å². The first-order chi connectivity index (χ1) is 7.18. The molecule has 1 aliphatic rings. The highest BCUT2D eigenvalue weighted by atomic mass is 16.8. The van der Waals surface area contributed by atoms with E-state index in [-0.39, 0.29) is 12.3 Å². The smallest absolute Gasteiger partial charge is 0.430 e. The summed E-state index contributed by atoms with van der Waals surface area (Å²) in [5, 5.41) is 10.7. The standard InChI is InChI=1S/C9H7NO5/c11-9-14-5-8(15-9)6-3-1-2-4-7(6)10(12)13/h1-4,8H,5H2. The van der Waals surface area contributed by atoms with E-state index in [1.807, 2.05) is 0 Å². The molecule has 1 aromatic carbocycles. The van der Waals surface area contributed by atoms with Gasteiger partial charge in [0, 0.05) is 6.07 Å². The van der Waals surface area contributed by atoms with Gasteiger partial charge in [0.15, 0.2) is 6.10 Å². The Morgan fingerprint density at radius 2 is 2.13 bits per heavy atom. The van der Waals surface area contributed by atoms with E-state index < -0.39 is 17.2 Å². The van der Waals surface area contributed by atoms with E-state index in [2.05, 4.69) is 4.74 Å². The van der Waals surface area contributed by atoms with Crippen LogP contribution in [0.25, 0.3) is 0 Å². The number of cyclic esters (lactones) is 2. The number of ether oxygens (including phenoxy) is 2. The SMILES string of the molecule is O=C1OCC(c2ccccc2[N+](=O)[O-])O1. The fourth-order valence-electron chi connectivity index (χ4n) is 1.41. The number of benzene rings is 1. The van der Waals surface area contributed by atoms with Gasteiger partial charge < -0.3 is 9.47 Å². The summed E-state index contributed by atoms with van der Waals surface area (Å²) < 4.78 is 9.34. The van der Waals surface area contributed by atoms with E-state index in [0.717, 1.165) is 0 Å². The molecule has 0 amide bonds. The minimum Gasteiger partial charge on any atom is -0.430 e. The van der Waals surface area contributed by atoms with Crippen molar-refractivity contribution in [3.63, 3.8) is 0 Å². The molecule has 6 heteroatoms. The lowest BCUT2D eigenvalue weighted by Gasteiger charge is -2.06. The van der Waals surface area contributed by atoms with Crippen LogP contribution in [0.1, 0.15) is 11.7 Å². The van der Waals surface area contributed by atoms with Crippen molar-refractivity contribution >= 4 is 11.8 Å². The van der Waals surface area contributed by atoms with Crippen LogP contribution in [0.3, 0.4) is 0 Å². The van der Waals surface area contributed by atoms with Crippen LogP contribution in [0, 0.1) is 10.1 Å². The van der Waals surface area contributed by atoms with Gasteiger partial charge in [0.25, 0.3) is 5.69 Å². The van der Waals surface area contributed by atoms with Crippen molar-refractivity contribution in [3.05, 3.63) is 39.9 Å². The van der Waals surface area contributed by atoms with Crippen LogP contribution in [-0.2, 0) is 9.47 Å². The highest BCUT2D eigenvalue weighted by Crippen LogP contribution is 2.30. The molecule has 0 radical (unpaired) electrons. The maximum absolute atomic E-state index is 10.7. The number of nitro benzene ring substituents is 1. The molecule has 1 heterocycles. The zero-order valence-electron chi connectivity index (χ0n) is 7.58. The van der Waals surface area contributed by atoms with E-state index >= 15 is 0 Å². The Bertz CT molecular complexity index is 417. The molecule has 0 N–H and O–H groups in total. The van der Waals surface area contributed by atoms with Crippen molar-refractivity contribution in [2.24, 2.45) is 0 Å². The monoisotopic (exact) mass is 209 g/mol. The first kappa shape index (κ1) is 9.45. The Morgan fingerprint density at radius 3 is 2.73 bits per heavy atom. The zero-order valence-corrected chi connectivity index (χ0v) is 7.58. The van der Waals surface area contributed by atoms with Crippen LogP contribution >= 0.6 is 0 Å². The minimum atomic E-state index is -0.793. The quantitative estimate of drug-likeness (QED) is 0.421. The van der Waals surface area contributed by atoms with Crippen molar-refractivity contribution in [3.8, 4) is 0 Å². The maximum Gasteiger partial charge on any atom is 0.509 e. The molecule has 1 atom stereocenters. The number of nitro groups is 1. The molecule has 2 rings (SSSR count). The van der Waals surface area contributed by atoms with Crippen molar-refractivity contribution < 1.29 is 19.2 Å². The lowest BCUT2D eigenvalue weighted by Crippen LogP contribution is -2.04. The molecule has 0 bridgehead atoms. The molecular weight excluding hydrogens is 202 g/mol. The molecule has 1 saturated heterocycles.